The highest BCUT2D eigenvalue weighted by molar-refractivity contribution is 5.75. The molecule has 1 atom stereocenters. The smallest absolute Gasteiger partial charge is 0.288 e. The van der Waals surface area contributed by atoms with E-state index < -0.39 is 0 Å². The van der Waals surface area contributed by atoms with E-state index in [0.29, 0.717) is 0 Å². The molecule has 180 valence electrons. The zero-order chi connectivity index (χ0) is 23.3. The molecule has 1 fully saturated rings. The minimum Gasteiger partial charge on any atom is -0.460 e. The van der Waals surface area contributed by atoms with Crippen molar-refractivity contribution in [2.45, 2.75) is 64.5 Å². The summed E-state index contributed by atoms with van der Waals surface area (Å²) in [6, 6.07) is 17.5. The van der Waals surface area contributed by atoms with Gasteiger partial charge in [0.1, 0.15) is 11.9 Å². The Morgan fingerprint density at radius 2 is 1.64 bits per heavy atom. The highest BCUT2D eigenvalue weighted by Crippen LogP contribution is 2.21. The second-order valence-corrected chi connectivity index (χ2v) is 9.11. The largest absolute Gasteiger partial charge is 0.460 e. The van der Waals surface area contributed by atoms with Crippen LogP contribution in [0.25, 0.3) is 0 Å². The molecule has 4 nitrogen and oxygen atoms in total. The van der Waals surface area contributed by atoms with Gasteiger partial charge in [-0.3, -0.25) is 0 Å². The molecule has 0 amide bonds. The third kappa shape index (κ3) is 8.81. The average Bonchev–Trinajstić information content (AvgIpc) is 3.27. The van der Waals surface area contributed by atoms with Crippen molar-refractivity contribution >= 4 is 6.02 Å². The first kappa shape index (κ1) is 25.2. The Morgan fingerprint density at radius 1 is 0.970 bits per heavy atom. The van der Waals surface area contributed by atoms with Gasteiger partial charge >= 0.3 is 0 Å². The molecule has 0 bridgehead atoms. The van der Waals surface area contributed by atoms with Crippen LogP contribution >= 0.6 is 0 Å². The summed E-state index contributed by atoms with van der Waals surface area (Å²) in [6.45, 7) is 7.22. The van der Waals surface area contributed by atoms with Crippen molar-refractivity contribution in [2.75, 3.05) is 33.2 Å². The second-order valence-electron chi connectivity index (χ2n) is 9.11. The maximum atomic E-state index is 11.9. The van der Waals surface area contributed by atoms with Gasteiger partial charge in [0.05, 0.1) is 6.54 Å². The number of halogens is 1. The van der Waals surface area contributed by atoms with E-state index in [4.69, 9.17) is 4.74 Å². The van der Waals surface area contributed by atoms with Gasteiger partial charge in [-0.2, -0.15) is 0 Å². The average molecular weight is 454 g/mol. The Bertz CT molecular complexity index is 834. The SMILES string of the molecule is C1CCC1.CCCN(C)CCC1CN=C(N2CCc3ccccc3C2)O1.Fc1ccccc1. The summed E-state index contributed by atoms with van der Waals surface area (Å²) in [7, 11) is 2.18. The van der Waals surface area contributed by atoms with Gasteiger partial charge in [0.25, 0.3) is 6.02 Å². The molecule has 3 aliphatic rings. The topological polar surface area (TPSA) is 28.1 Å². The van der Waals surface area contributed by atoms with Gasteiger partial charge in [-0.05, 0) is 56.1 Å². The summed E-state index contributed by atoms with van der Waals surface area (Å²) in [6.07, 6.45) is 9.61. The van der Waals surface area contributed by atoms with E-state index >= 15 is 0 Å². The zero-order valence-electron chi connectivity index (χ0n) is 20.4. The fraction of sp³-hybridized carbons (Fsp3) is 0.536. The molecular weight excluding hydrogens is 413 g/mol. The molecule has 0 spiro atoms. The number of ether oxygens (including phenoxy) is 1. The van der Waals surface area contributed by atoms with E-state index in [1.54, 1.807) is 18.2 Å². The second kappa shape index (κ2) is 14.0. The number of hydrogen-bond acceptors (Lipinski definition) is 4. The molecule has 33 heavy (non-hydrogen) atoms. The molecule has 5 heteroatoms. The number of amidine groups is 1. The minimum atomic E-state index is -0.178. The van der Waals surface area contributed by atoms with Gasteiger partial charge in [0, 0.05) is 19.6 Å². The van der Waals surface area contributed by atoms with E-state index in [9.17, 15) is 4.39 Å². The van der Waals surface area contributed by atoms with Crippen molar-refractivity contribution in [3.63, 3.8) is 0 Å². The highest BCUT2D eigenvalue weighted by atomic mass is 19.1. The predicted molar refractivity (Wildman–Crippen MR) is 135 cm³/mol. The third-order valence-electron chi connectivity index (χ3n) is 6.27. The molecule has 2 aromatic carbocycles. The molecule has 1 unspecified atom stereocenters. The molecule has 2 aromatic rings. The van der Waals surface area contributed by atoms with E-state index in [-0.39, 0.29) is 11.9 Å². The van der Waals surface area contributed by atoms with Gasteiger partial charge in [-0.25, -0.2) is 9.38 Å². The van der Waals surface area contributed by atoms with E-state index in [1.165, 1.54) is 55.4 Å². The van der Waals surface area contributed by atoms with Crippen molar-refractivity contribution in [3.8, 4) is 0 Å². The molecule has 0 aromatic heterocycles. The van der Waals surface area contributed by atoms with Crippen molar-refractivity contribution < 1.29 is 9.13 Å². The first-order valence-electron chi connectivity index (χ1n) is 12.6. The van der Waals surface area contributed by atoms with Gasteiger partial charge in [0.15, 0.2) is 0 Å². The number of fused-ring (bicyclic) bond motifs is 1. The summed E-state index contributed by atoms with van der Waals surface area (Å²) >= 11 is 0. The van der Waals surface area contributed by atoms with Crippen molar-refractivity contribution in [2.24, 2.45) is 4.99 Å². The first-order valence-corrected chi connectivity index (χ1v) is 12.6. The van der Waals surface area contributed by atoms with Crippen LogP contribution in [0.2, 0.25) is 0 Å². The van der Waals surface area contributed by atoms with Gasteiger partial charge < -0.3 is 14.5 Å². The first-order chi connectivity index (χ1) is 16.2. The van der Waals surface area contributed by atoms with Gasteiger partial charge in [-0.15, -0.1) is 0 Å². The summed E-state index contributed by atoms with van der Waals surface area (Å²) in [5, 5.41) is 0. The number of rotatable bonds is 5. The fourth-order valence-electron chi connectivity index (χ4n) is 3.91. The van der Waals surface area contributed by atoms with Crippen LogP contribution in [0, 0.1) is 5.82 Å². The minimum absolute atomic E-state index is 0.178. The molecule has 1 aliphatic carbocycles. The Kier molecular flexibility index (Phi) is 10.7. The summed E-state index contributed by atoms with van der Waals surface area (Å²) in [5.41, 5.74) is 2.88. The highest BCUT2D eigenvalue weighted by Gasteiger charge is 2.27. The Hall–Kier alpha value is -2.40. The lowest BCUT2D eigenvalue weighted by Crippen LogP contribution is -2.37. The maximum Gasteiger partial charge on any atom is 0.288 e. The molecule has 5 rings (SSSR count). The normalized spacial score (nSPS) is 18.6. The van der Waals surface area contributed by atoms with E-state index in [0.717, 1.165) is 51.6 Å². The van der Waals surface area contributed by atoms with Crippen LogP contribution in [0.1, 0.15) is 56.6 Å². The van der Waals surface area contributed by atoms with Gasteiger partial charge in [0.2, 0.25) is 0 Å². The molecule has 1 saturated carbocycles. The van der Waals surface area contributed by atoms with Crippen molar-refractivity contribution in [3.05, 3.63) is 71.5 Å². The number of benzene rings is 2. The predicted octanol–water partition coefficient (Wildman–Crippen LogP) is 5.92. The zero-order valence-corrected chi connectivity index (χ0v) is 20.4. The Labute approximate surface area is 199 Å². The fourth-order valence-corrected chi connectivity index (χ4v) is 3.91. The van der Waals surface area contributed by atoms with Crippen molar-refractivity contribution in [1.29, 1.82) is 0 Å². The summed E-state index contributed by atoms with van der Waals surface area (Å²) in [4.78, 5) is 9.30. The van der Waals surface area contributed by atoms with Crippen LogP contribution in [-0.4, -0.2) is 55.2 Å². The molecular formula is C28H40FN3O. The lowest BCUT2D eigenvalue weighted by molar-refractivity contribution is 0.155. The Balaban J connectivity index is 0.000000227. The molecule has 2 aliphatic heterocycles. The van der Waals surface area contributed by atoms with Crippen LogP contribution in [0.15, 0.2) is 59.6 Å². The Morgan fingerprint density at radius 3 is 2.24 bits per heavy atom. The molecule has 0 radical (unpaired) electrons. The quantitative estimate of drug-likeness (QED) is 0.563. The van der Waals surface area contributed by atoms with Crippen LogP contribution < -0.4 is 0 Å². The summed E-state index contributed by atoms with van der Waals surface area (Å²) in [5.74, 6) is -0.178. The van der Waals surface area contributed by atoms with Crippen molar-refractivity contribution in [1.82, 2.24) is 9.80 Å². The lowest BCUT2D eigenvalue weighted by Gasteiger charge is -2.30. The lowest BCUT2D eigenvalue weighted by atomic mass is 10.0. The van der Waals surface area contributed by atoms with Gasteiger partial charge in [-0.1, -0.05) is 75.1 Å². The standard InChI is InChI=1S/C18H27N3O.C6H5F.C4H8/c1-3-10-20(2)11-9-17-13-19-18(22-17)21-12-8-15-6-4-5-7-16(15)14-21;7-6-4-2-1-3-5-6;1-2-4-3-1/h4-7,17H,3,8-14H2,1-2H3;1-5H;1-4H2. The molecule has 0 saturated heterocycles. The number of aliphatic imine (C=N–C) groups is 1. The van der Waals surface area contributed by atoms with Crippen LogP contribution in [0.3, 0.4) is 0 Å². The van der Waals surface area contributed by atoms with E-state index in [2.05, 4.69) is 53.0 Å². The monoisotopic (exact) mass is 453 g/mol. The van der Waals surface area contributed by atoms with E-state index in [1.807, 2.05) is 0 Å². The maximum absolute atomic E-state index is 11.9. The third-order valence-corrected chi connectivity index (χ3v) is 6.27. The molecule has 2 heterocycles. The summed E-state index contributed by atoms with van der Waals surface area (Å²) < 4.78 is 18.0. The van der Waals surface area contributed by atoms with Crippen LogP contribution in [-0.2, 0) is 17.7 Å². The number of hydrogen-bond donors (Lipinski definition) is 0. The molecule has 0 N–H and O–H groups in total. The van der Waals surface area contributed by atoms with Crippen LogP contribution in [0.4, 0.5) is 4.39 Å². The van der Waals surface area contributed by atoms with Crippen LogP contribution in [0.5, 0.6) is 0 Å². The number of nitrogens with zero attached hydrogens (tertiary/aromatic N) is 3.